The second kappa shape index (κ2) is 7.80. The second-order valence-corrected chi connectivity index (χ2v) is 6.58. The first-order valence-corrected chi connectivity index (χ1v) is 8.52. The van der Waals surface area contributed by atoms with Gasteiger partial charge in [0.2, 0.25) is 5.95 Å². The number of alkyl halides is 3. The topological polar surface area (TPSA) is 88.0 Å². The molecule has 27 heavy (non-hydrogen) atoms. The maximum absolute atomic E-state index is 12.7. The maximum Gasteiger partial charge on any atom is 0.433 e. The van der Waals surface area contributed by atoms with E-state index in [1.807, 2.05) is 6.07 Å². The number of carbonyl (C=O) groups is 1. The van der Waals surface area contributed by atoms with Crippen molar-refractivity contribution in [3.05, 3.63) is 53.4 Å². The lowest BCUT2D eigenvalue weighted by Crippen LogP contribution is -2.10. The number of Topliss-reactive ketones (excluding diaryl/α,β-unsaturated/α-hetero) is 1. The molecule has 0 unspecified atom stereocenters. The standard InChI is InChI=1S/C17H13F3N4O2S/c18-17(19,20)14-4-5-21-16(24-14)23-11-3-1-2-10(6-11)13-8-22-15(27-13)7-12(26)9-25/h1-6,8,25H,7,9H2,(H,21,23,24). The Labute approximate surface area is 155 Å². The molecule has 1 aromatic carbocycles. The van der Waals surface area contributed by atoms with Crippen molar-refractivity contribution in [2.24, 2.45) is 0 Å². The van der Waals surface area contributed by atoms with Crippen molar-refractivity contribution < 1.29 is 23.1 Å². The van der Waals surface area contributed by atoms with Gasteiger partial charge >= 0.3 is 6.18 Å². The molecule has 0 saturated carbocycles. The van der Waals surface area contributed by atoms with Crippen LogP contribution < -0.4 is 5.32 Å². The lowest BCUT2D eigenvalue weighted by Gasteiger charge is -2.09. The van der Waals surface area contributed by atoms with Gasteiger partial charge in [0.1, 0.15) is 17.3 Å². The summed E-state index contributed by atoms with van der Waals surface area (Å²) in [4.78, 5) is 23.5. The third-order valence-corrected chi connectivity index (χ3v) is 4.47. The Morgan fingerprint density at radius 3 is 2.78 bits per heavy atom. The summed E-state index contributed by atoms with van der Waals surface area (Å²) in [6.07, 6.45) is -1.86. The van der Waals surface area contributed by atoms with Crippen molar-refractivity contribution in [1.29, 1.82) is 0 Å². The van der Waals surface area contributed by atoms with E-state index in [0.717, 1.165) is 22.7 Å². The minimum absolute atomic E-state index is 0.0528. The van der Waals surface area contributed by atoms with Crippen LogP contribution in [0.15, 0.2) is 42.7 Å². The van der Waals surface area contributed by atoms with E-state index >= 15 is 0 Å². The number of ketones is 1. The number of aromatic nitrogens is 3. The number of thiazole rings is 1. The summed E-state index contributed by atoms with van der Waals surface area (Å²) >= 11 is 1.30. The quantitative estimate of drug-likeness (QED) is 0.666. The normalized spacial score (nSPS) is 11.4. The predicted molar refractivity (Wildman–Crippen MR) is 93.7 cm³/mol. The Hall–Kier alpha value is -2.85. The average molecular weight is 394 g/mol. The smallest absolute Gasteiger partial charge is 0.389 e. The molecule has 10 heteroatoms. The largest absolute Gasteiger partial charge is 0.433 e. The number of aliphatic hydroxyl groups excluding tert-OH is 1. The van der Waals surface area contributed by atoms with Crippen LogP contribution in [0.2, 0.25) is 0 Å². The van der Waals surface area contributed by atoms with Gasteiger partial charge in [-0.25, -0.2) is 15.0 Å². The highest BCUT2D eigenvalue weighted by Crippen LogP contribution is 2.30. The number of benzene rings is 1. The van der Waals surface area contributed by atoms with E-state index in [0.29, 0.717) is 10.7 Å². The Morgan fingerprint density at radius 1 is 1.22 bits per heavy atom. The molecule has 0 fully saturated rings. The SMILES string of the molecule is O=C(CO)Cc1ncc(-c2cccc(Nc3nccc(C(F)(F)F)n3)c2)s1. The second-order valence-electron chi connectivity index (χ2n) is 5.46. The third-order valence-electron chi connectivity index (χ3n) is 3.43. The lowest BCUT2D eigenvalue weighted by atomic mass is 10.2. The van der Waals surface area contributed by atoms with Crippen LogP contribution >= 0.6 is 11.3 Å². The molecular weight excluding hydrogens is 381 g/mol. The number of anilines is 2. The minimum Gasteiger partial charge on any atom is -0.389 e. The number of nitrogens with one attached hydrogen (secondary N) is 1. The first-order chi connectivity index (χ1) is 12.8. The number of hydrogen-bond donors (Lipinski definition) is 2. The highest BCUT2D eigenvalue weighted by atomic mass is 32.1. The van der Waals surface area contributed by atoms with Gasteiger partial charge in [0.05, 0.1) is 11.3 Å². The highest BCUT2D eigenvalue weighted by molar-refractivity contribution is 7.15. The van der Waals surface area contributed by atoms with Gasteiger partial charge in [0.15, 0.2) is 5.78 Å². The fourth-order valence-electron chi connectivity index (χ4n) is 2.21. The molecule has 2 aromatic heterocycles. The Morgan fingerprint density at radius 2 is 2.04 bits per heavy atom. The zero-order valence-electron chi connectivity index (χ0n) is 13.7. The Kier molecular flexibility index (Phi) is 5.47. The van der Waals surface area contributed by atoms with E-state index in [1.54, 1.807) is 24.4 Å². The van der Waals surface area contributed by atoms with Crippen LogP contribution in [0.25, 0.3) is 10.4 Å². The summed E-state index contributed by atoms with van der Waals surface area (Å²) in [5, 5.41) is 12.1. The van der Waals surface area contributed by atoms with E-state index in [1.165, 1.54) is 11.3 Å². The summed E-state index contributed by atoms with van der Waals surface area (Å²) in [7, 11) is 0. The highest BCUT2D eigenvalue weighted by Gasteiger charge is 2.32. The number of aliphatic hydroxyl groups is 1. The van der Waals surface area contributed by atoms with Crippen LogP contribution in [0.4, 0.5) is 24.8 Å². The van der Waals surface area contributed by atoms with Crippen molar-refractivity contribution in [3.8, 4) is 10.4 Å². The van der Waals surface area contributed by atoms with Crippen LogP contribution in [-0.2, 0) is 17.4 Å². The van der Waals surface area contributed by atoms with Gasteiger partial charge < -0.3 is 10.4 Å². The lowest BCUT2D eigenvalue weighted by molar-refractivity contribution is -0.141. The van der Waals surface area contributed by atoms with Gasteiger partial charge in [-0.05, 0) is 23.8 Å². The zero-order valence-corrected chi connectivity index (χ0v) is 14.5. The molecule has 0 bridgehead atoms. The average Bonchev–Trinajstić information content (AvgIpc) is 3.10. The van der Waals surface area contributed by atoms with E-state index in [-0.39, 0.29) is 18.2 Å². The van der Waals surface area contributed by atoms with Gasteiger partial charge in [-0.1, -0.05) is 12.1 Å². The maximum atomic E-state index is 12.7. The van der Waals surface area contributed by atoms with Gasteiger partial charge in [-0.3, -0.25) is 4.79 Å². The Bertz CT molecular complexity index is 959. The van der Waals surface area contributed by atoms with Gasteiger partial charge in [-0.2, -0.15) is 13.2 Å². The molecule has 0 saturated heterocycles. The molecule has 0 spiro atoms. The molecule has 0 atom stereocenters. The van der Waals surface area contributed by atoms with Gasteiger partial charge in [-0.15, -0.1) is 11.3 Å². The molecule has 3 rings (SSSR count). The van der Waals surface area contributed by atoms with E-state index in [4.69, 9.17) is 5.11 Å². The third kappa shape index (κ3) is 4.86. The molecule has 2 N–H and O–H groups in total. The molecule has 3 aromatic rings. The Balaban J connectivity index is 1.79. The first-order valence-electron chi connectivity index (χ1n) is 7.70. The van der Waals surface area contributed by atoms with E-state index in [9.17, 15) is 18.0 Å². The van der Waals surface area contributed by atoms with Crippen molar-refractivity contribution in [3.63, 3.8) is 0 Å². The minimum atomic E-state index is -4.55. The molecule has 140 valence electrons. The van der Waals surface area contributed by atoms with Gasteiger partial charge in [0.25, 0.3) is 0 Å². The van der Waals surface area contributed by atoms with Crippen molar-refractivity contribution in [2.75, 3.05) is 11.9 Å². The number of nitrogens with zero attached hydrogens (tertiary/aromatic N) is 3. The summed E-state index contributed by atoms with van der Waals surface area (Å²) in [5.41, 5.74) is 0.247. The summed E-state index contributed by atoms with van der Waals surface area (Å²) in [5.74, 6) is -0.492. The fourth-order valence-corrected chi connectivity index (χ4v) is 3.15. The molecule has 0 aliphatic rings. The van der Waals surface area contributed by atoms with E-state index < -0.39 is 18.5 Å². The summed E-state index contributed by atoms with van der Waals surface area (Å²) < 4.78 is 38.2. The van der Waals surface area contributed by atoms with E-state index in [2.05, 4.69) is 20.3 Å². The number of rotatable bonds is 6. The van der Waals surface area contributed by atoms with Crippen LogP contribution in [0.3, 0.4) is 0 Å². The fraction of sp³-hybridized carbons (Fsp3) is 0.176. The molecule has 0 aliphatic carbocycles. The number of halogens is 3. The first kappa shape index (κ1) is 18.9. The molecule has 0 radical (unpaired) electrons. The summed E-state index contributed by atoms with van der Waals surface area (Å²) in [6, 6.07) is 7.72. The molecular formula is C17H13F3N4O2S. The zero-order chi connectivity index (χ0) is 19.4. The van der Waals surface area contributed by atoms with Crippen LogP contribution in [-0.4, -0.2) is 32.4 Å². The van der Waals surface area contributed by atoms with Crippen LogP contribution in [0.5, 0.6) is 0 Å². The molecule has 0 aliphatic heterocycles. The molecule has 6 nitrogen and oxygen atoms in total. The monoisotopic (exact) mass is 394 g/mol. The van der Waals surface area contributed by atoms with Crippen molar-refractivity contribution in [2.45, 2.75) is 12.6 Å². The van der Waals surface area contributed by atoms with Crippen LogP contribution in [0, 0.1) is 0 Å². The van der Waals surface area contributed by atoms with Gasteiger partial charge in [0, 0.05) is 18.1 Å². The van der Waals surface area contributed by atoms with Crippen molar-refractivity contribution >= 4 is 28.8 Å². The van der Waals surface area contributed by atoms with Crippen molar-refractivity contribution in [1.82, 2.24) is 15.0 Å². The predicted octanol–water partition coefficient (Wildman–Crippen LogP) is 3.47. The summed E-state index contributed by atoms with van der Waals surface area (Å²) in [6.45, 7) is -0.536. The number of carbonyl (C=O) groups excluding carboxylic acids is 1. The van der Waals surface area contributed by atoms with Crippen LogP contribution in [0.1, 0.15) is 10.7 Å². The number of hydrogen-bond acceptors (Lipinski definition) is 7. The molecule has 0 amide bonds. The molecule has 2 heterocycles.